The van der Waals surface area contributed by atoms with E-state index in [1.165, 1.54) is 0 Å². The van der Waals surface area contributed by atoms with Crippen LogP contribution in [0.3, 0.4) is 0 Å². The first-order chi connectivity index (χ1) is 15.1. The van der Waals surface area contributed by atoms with E-state index in [4.69, 9.17) is 0 Å². The summed E-state index contributed by atoms with van der Waals surface area (Å²) in [7, 11) is -7.38. The van der Waals surface area contributed by atoms with Crippen molar-refractivity contribution in [2.45, 2.75) is 53.4 Å². The predicted octanol–water partition coefficient (Wildman–Crippen LogP) is 6.50. The second-order valence-corrected chi connectivity index (χ2v) is 19.8. The fourth-order valence-corrected chi connectivity index (χ4v) is 9.81. The third-order valence-corrected chi connectivity index (χ3v) is 13.4. The minimum absolute atomic E-state index is 0.0205. The molecule has 0 fully saturated rings. The number of benzene rings is 1. The summed E-state index contributed by atoms with van der Waals surface area (Å²) in [5.74, 6) is -31.6. The standard InChI is InChI=1S/C16H16F13IO3SSi/c1-34(31,32)33-30(9-5-7-10(8-6-9)35(2,3)4)16(28,29)14(23,24)12(19,20)11(17,18)13(21,22)15(25,26)27/h5-8H,1-4H3. The summed E-state index contributed by atoms with van der Waals surface area (Å²) in [4.78, 5) is 0. The van der Waals surface area contributed by atoms with Crippen LogP contribution in [0.5, 0.6) is 0 Å². The van der Waals surface area contributed by atoms with Crippen LogP contribution in [0.4, 0.5) is 57.1 Å². The third kappa shape index (κ3) is 5.70. The second-order valence-electron chi connectivity index (χ2n) is 8.07. The van der Waals surface area contributed by atoms with E-state index in [1.54, 1.807) is 19.6 Å². The van der Waals surface area contributed by atoms with Gasteiger partial charge in [0.15, 0.2) is 0 Å². The van der Waals surface area contributed by atoms with Gasteiger partial charge in [-0.15, -0.1) is 0 Å². The van der Waals surface area contributed by atoms with E-state index in [-0.39, 0.29) is 6.26 Å². The van der Waals surface area contributed by atoms with Crippen LogP contribution in [-0.2, 0) is 12.6 Å². The van der Waals surface area contributed by atoms with Crippen LogP contribution < -0.4 is 5.19 Å². The maximum atomic E-state index is 14.7. The van der Waals surface area contributed by atoms with Gasteiger partial charge in [0.1, 0.15) is 0 Å². The van der Waals surface area contributed by atoms with E-state index < -0.39 is 75.8 Å². The maximum absolute atomic E-state index is 14.7. The van der Waals surface area contributed by atoms with Gasteiger partial charge >= 0.3 is 199 Å². The Balaban J connectivity index is 3.78. The van der Waals surface area contributed by atoms with Gasteiger partial charge in [-0.3, -0.25) is 0 Å². The number of alkyl halides is 14. The minimum atomic E-state index is -8.08. The molecule has 0 saturated carbocycles. The van der Waals surface area contributed by atoms with E-state index in [9.17, 15) is 65.5 Å². The Labute approximate surface area is 199 Å². The van der Waals surface area contributed by atoms with Crippen molar-refractivity contribution in [3.05, 3.63) is 27.8 Å². The molecule has 3 nitrogen and oxygen atoms in total. The Bertz CT molecular complexity index is 1020. The molecular formula is C16H16F13IO3SSi. The van der Waals surface area contributed by atoms with Gasteiger partial charge in [-0.25, -0.2) is 0 Å². The number of hydrogen-bond acceptors (Lipinski definition) is 3. The van der Waals surface area contributed by atoms with Crippen molar-refractivity contribution < 1.29 is 68.0 Å². The van der Waals surface area contributed by atoms with Crippen LogP contribution in [-0.4, -0.2) is 56.5 Å². The summed E-state index contributed by atoms with van der Waals surface area (Å²) < 4.78 is 194. The van der Waals surface area contributed by atoms with Gasteiger partial charge in [0.2, 0.25) is 0 Å². The molecule has 0 unspecified atom stereocenters. The normalized spacial score (nSPS) is 15.9. The Morgan fingerprint density at radius 3 is 1.37 bits per heavy atom. The van der Waals surface area contributed by atoms with Crippen LogP contribution in [0.2, 0.25) is 19.6 Å². The first kappa shape index (κ1) is 32.2. The van der Waals surface area contributed by atoms with Gasteiger partial charge in [-0.1, -0.05) is 0 Å². The zero-order valence-corrected chi connectivity index (χ0v) is 21.7. The molecule has 0 aromatic heterocycles. The zero-order valence-electron chi connectivity index (χ0n) is 17.7. The first-order valence-electron chi connectivity index (χ1n) is 8.72. The van der Waals surface area contributed by atoms with Crippen LogP contribution in [0.25, 0.3) is 0 Å². The quantitative estimate of drug-likeness (QED) is 0.129. The summed E-state index contributed by atoms with van der Waals surface area (Å²) >= 11 is -6.13. The Hall–Kier alpha value is -0.833. The summed E-state index contributed by atoms with van der Waals surface area (Å²) in [5.41, 5.74) is 0. The summed E-state index contributed by atoms with van der Waals surface area (Å²) in [6.07, 6.45) is -7.52. The van der Waals surface area contributed by atoms with Crippen molar-refractivity contribution in [2.24, 2.45) is 0 Å². The third-order valence-electron chi connectivity index (χ3n) is 4.20. The van der Waals surface area contributed by atoms with Gasteiger partial charge in [-0.05, 0) is 0 Å². The molecule has 1 rings (SSSR count). The average molecular weight is 690 g/mol. The van der Waals surface area contributed by atoms with Gasteiger partial charge < -0.3 is 0 Å². The van der Waals surface area contributed by atoms with E-state index in [1.807, 2.05) is 0 Å². The van der Waals surface area contributed by atoms with E-state index in [0.29, 0.717) is 17.3 Å². The van der Waals surface area contributed by atoms with Crippen molar-refractivity contribution in [3.63, 3.8) is 0 Å². The van der Waals surface area contributed by atoms with Gasteiger partial charge in [0.05, 0.1) is 0 Å². The van der Waals surface area contributed by atoms with Crippen LogP contribution in [0.1, 0.15) is 0 Å². The van der Waals surface area contributed by atoms with Crippen molar-refractivity contribution in [1.82, 2.24) is 0 Å². The number of halogens is 14. The summed E-state index contributed by atoms with van der Waals surface area (Å²) in [6.45, 7) is 5.16. The van der Waals surface area contributed by atoms with Crippen molar-refractivity contribution in [1.29, 1.82) is 0 Å². The molecule has 35 heavy (non-hydrogen) atoms. The first-order valence-corrected chi connectivity index (χ1v) is 17.1. The van der Waals surface area contributed by atoms with E-state index in [0.717, 1.165) is 12.1 Å². The van der Waals surface area contributed by atoms with Crippen molar-refractivity contribution in [2.75, 3.05) is 6.26 Å². The molecule has 0 radical (unpaired) electrons. The van der Waals surface area contributed by atoms with Gasteiger partial charge in [0, 0.05) is 0 Å². The average Bonchev–Trinajstić information content (AvgIpc) is 2.63. The predicted molar refractivity (Wildman–Crippen MR) is 109 cm³/mol. The molecule has 19 heteroatoms. The molecule has 1 aromatic rings. The van der Waals surface area contributed by atoms with Crippen molar-refractivity contribution >= 4 is 43.6 Å². The molecular weight excluding hydrogens is 674 g/mol. The van der Waals surface area contributed by atoms with E-state index >= 15 is 0 Å². The Morgan fingerprint density at radius 2 is 1.06 bits per heavy atom. The Morgan fingerprint density at radius 1 is 0.686 bits per heavy atom. The fraction of sp³-hybridized carbons (Fsp3) is 0.625. The molecule has 0 atom stereocenters. The molecule has 0 N–H and O–H groups in total. The van der Waals surface area contributed by atoms with E-state index in [2.05, 4.69) is 2.51 Å². The van der Waals surface area contributed by atoms with Crippen LogP contribution in [0, 0.1) is 3.57 Å². The zero-order chi connectivity index (χ0) is 28.3. The Kier molecular flexibility index (Phi) is 8.44. The molecule has 0 aliphatic carbocycles. The van der Waals surface area contributed by atoms with Crippen LogP contribution in [0.15, 0.2) is 24.3 Å². The van der Waals surface area contributed by atoms with Gasteiger partial charge in [0.25, 0.3) is 0 Å². The molecule has 0 bridgehead atoms. The monoisotopic (exact) mass is 690 g/mol. The SMILES string of the molecule is C[Si](C)(C)c1ccc(I(OS(C)(=O)=O)C(F)(F)C(F)(F)C(F)(F)C(F)(F)C(F)(F)C(F)(F)F)cc1. The molecule has 0 aliphatic rings. The molecule has 206 valence electrons. The molecule has 0 saturated heterocycles. The molecule has 0 heterocycles. The second kappa shape index (κ2) is 9.17. The molecule has 0 amide bonds. The summed E-state index contributed by atoms with van der Waals surface area (Å²) in [5, 5.41) is 0.452. The topological polar surface area (TPSA) is 43.4 Å². The molecule has 1 aromatic carbocycles. The summed E-state index contributed by atoms with van der Waals surface area (Å²) in [6, 6.07) is 3.20. The van der Waals surface area contributed by atoms with Gasteiger partial charge in [-0.2, -0.15) is 0 Å². The van der Waals surface area contributed by atoms with Crippen LogP contribution >= 0.6 is 20.2 Å². The molecule has 0 spiro atoms. The fourth-order valence-electron chi connectivity index (χ4n) is 2.25. The number of hydrogen-bond donors (Lipinski definition) is 0. The number of rotatable bonds is 9. The molecule has 0 aliphatic heterocycles. The van der Waals surface area contributed by atoms with Crippen molar-refractivity contribution in [3.8, 4) is 0 Å².